The fourth-order valence-corrected chi connectivity index (χ4v) is 1.70. The number of nitrogens with zero attached hydrogens (tertiary/aromatic N) is 4. The summed E-state index contributed by atoms with van der Waals surface area (Å²) >= 11 is 0. The monoisotopic (exact) mass is 244 g/mol. The number of Topliss-reactive ketones (excluding diaryl/α,β-unsaturated/α-hetero) is 1. The van der Waals surface area contributed by atoms with Crippen LogP contribution >= 0.6 is 0 Å². The van der Waals surface area contributed by atoms with Gasteiger partial charge in [0.15, 0.2) is 5.78 Å². The van der Waals surface area contributed by atoms with Crippen LogP contribution in [0.2, 0.25) is 0 Å². The van der Waals surface area contributed by atoms with Crippen molar-refractivity contribution in [3.8, 4) is 0 Å². The van der Waals surface area contributed by atoms with Gasteiger partial charge in [0.1, 0.15) is 12.2 Å². The highest BCUT2D eigenvalue weighted by Gasteiger charge is 2.12. The van der Waals surface area contributed by atoms with Crippen molar-refractivity contribution in [2.75, 3.05) is 0 Å². The van der Waals surface area contributed by atoms with Crippen LogP contribution in [0.5, 0.6) is 0 Å². The van der Waals surface area contributed by atoms with Crippen molar-refractivity contribution in [2.24, 2.45) is 0 Å². The van der Waals surface area contributed by atoms with Gasteiger partial charge in [0.05, 0.1) is 6.42 Å². The first-order chi connectivity index (χ1) is 8.70. The summed E-state index contributed by atoms with van der Waals surface area (Å²) in [7, 11) is 0. The highest BCUT2D eigenvalue weighted by molar-refractivity contribution is 5.96. The average Bonchev–Trinajstić information content (AvgIpc) is 2.78. The molecule has 94 valence electrons. The van der Waals surface area contributed by atoms with E-state index in [0.717, 1.165) is 18.7 Å². The van der Waals surface area contributed by atoms with Crippen molar-refractivity contribution in [3.05, 3.63) is 41.7 Å². The van der Waals surface area contributed by atoms with Crippen LogP contribution in [0.1, 0.15) is 35.2 Å². The van der Waals surface area contributed by atoms with E-state index in [1.807, 2.05) is 13.0 Å². The summed E-state index contributed by atoms with van der Waals surface area (Å²) in [6.45, 7) is 4.75. The maximum absolute atomic E-state index is 12.1. The van der Waals surface area contributed by atoms with Crippen LogP contribution in [0.25, 0.3) is 0 Å². The Kier molecular flexibility index (Phi) is 3.82. The van der Waals surface area contributed by atoms with Gasteiger partial charge in [0.25, 0.3) is 0 Å². The molecule has 2 aromatic heterocycles. The van der Waals surface area contributed by atoms with Crippen molar-refractivity contribution in [1.82, 2.24) is 19.7 Å². The van der Waals surface area contributed by atoms with E-state index in [1.54, 1.807) is 16.9 Å². The Balaban J connectivity index is 2.11. The van der Waals surface area contributed by atoms with Gasteiger partial charge >= 0.3 is 0 Å². The lowest BCUT2D eigenvalue weighted by atomic mass is 10.1. The van der Waals surface area contributed by atoms with Crippen molar-refractivity contribution in [3.63, 3.8) is 0 Å². The zero-order valence-electron chi connectivity index (χ0n) is 10.6. The number of carbonyl (C=O) groups excluding carboxylic acids is 1. The van der Waals surface area contributed by atoms with Gasteiger partial charge in [-0.2, -0.15) is 5.10 Å². The minimum absolute atomic E-state index is 0.0212. The van der Waals surface area contributed by atoms with Crippen molar-refractivity contribution in [1.29, 1.82) is 0 Å². The molecule has 0 aliphatic carbocycles. The number of rotatable bonds is 5. The Labute approximate surface area is 106 Å². The summed E-state index contributed by atoms with van der Waals surface area (Å²) in [5.74, 6) is 0.732. The predicted molar refractivity (Wildman–Crippen MR) is 67.3 cm³/mol. The van der Waals surface area contributed by atoms with Crippen molar-refractivity contribution < 1.29 is 4.79 Å². The van der Waals surface area contributed by atoms with Gasteiger partial charge in [-0.3, -0.25) is 9.78 Å². The van der Waals surface area contributed by atoms with E-state index in [1.165, 1.54) is 6.33 Å². The van der Waals surface area contributed by atoms with Crippen LogP contribution in [0.15, 0.2) is 24.7 Å². The molecule has 5 heteroatoms. The van der Waals surface area contributed by atoms with Crippen molar-refractivity contribution >= 4 is 5.78 Å². The molecule has 0 saturated carbocycles. The minimum Gasteiger partial charge on any atom is -0.294 e. The van der Waals surface area contributed by atoms with Gasteiger partial charge in [-0.25, -0.2) is 9.67 Å². The number of aryl methyl sites for hydroxylation is 2. The standard InChI is InChI=1S/C13H16N4O/c1-3-6-17-13(15-9-16-17)7-12(18)11-5-4-10(2)14-8-11/h4-5,8-9H,3,6-7H2,1-2H3. The van der Waals surface area contributed by atoms with Crippen LogP contribution in [0.4, 0.5) is 0 Å². The van der Waals surface area contributed by atoms with E-state index in [9.17, 15) is 4.79 Å². The van der Waals surface area contributed by atoms with E-state index in [-0.39, 0.29) is 12.2 Å². The lowest BCUT2D eigenvalue weighted by molar-refractivity contribution is 0.0989. The minimum atomic E-state index is 0.0212. The molecule has 0 aromatic carbocycles. The van der Waals surface area contributed by atoms with Crippen LogP contribution in [0, 0.1) is 6.92 Å². The molecule has 0 radical (unpaired) electrons. The first kappa shape index (κ1) is 12.4. The molecule has 2 aromatic rings. The first-order valence-electron chi connectivity index (χ1n) is 6.03. The first-order valence-corrected chi connectivity index (χ1v) is 6.03. The number of carbonyl (C=O) groups is 1. The number of hydrogen-bond acceptors (Lipinski definition) is 4. The van der Waals surface area contributed by atoms with Crippen LogP contribution < -0.4 is 0 Å². The molecule has 0 unspecified atom stereocenters. The SMILES string of the molecule is CCCn1ncnc1CC(=O)c1ccc(C)nc1. The Morgan fingerprint density at radius 3 is 2.83 bits per heavy atom. The van der Waals surface area contributed by atoms with E-state index < -0.39 is 0 Å². The normalized spacial score (nSPS) is 10.6. The molecule has 0 aliphatic rings. The third kappa shape index (κ3) is 2.80. The van der Waals surface area contributed by atoms with E-state index >= 15 is 0 Å². The third-order valence-electron chi connectivity index (χ3n) is 2.68. The largest absolute Gasteiger partial charge is 0.294 e. The summed E-state index contributed by atoms with van der Waals surface area (Å²) < 4.78 is 1.78. The summed E-state index contributed by atoms with van der Waals surface area (Å²) in [5, 5.41) is 4.10. The van der Waals surface area contributed by atoms with Crippen LogP contribution in [-0.4, -0.2) is 25.5 Å². The highest BCUT2D eigenvalue weighted by atomic mass is 16.1. The fraction of sp³-hybridized carbons (Fsp3) is 0.385. The Bertz CT molecular complexity index is 530. The van der Waals surface area contributed by atoms with Crippen LogP contribution in [-0.2, 0) is 13.0 Å². The summed E-state index contributed by atoms with van der Waals surface area (Å²) in [5.41, 5.74) is 1.52. The molecule has 0 saturated heterocycles. The summed E-state index contributed by atoms with van der Waals surface area (Å²) in [6.07, 6.45) is 4.34. The second kappa shape index (κ2) is 5.53. The fourth-order valence-electron chi connectivity index (χ4n) is 1.70. The molecule has 0 atom stereocenters. The van der Waals surface area contributed by atoms with Crippen LogP contribution in [0.3, 0.4) is 0 Å². The molecule has 0 fully saturated rings. The van der Waals surface area contributed by atoms with Gasteiger partial charge in [-0.05, 0) is 25.5 Å². The topological polar surface area (TPSA) is 60.7 Å². The summed E-state index contributed by atoms with van der Waals surface area (Å²) in [4.78, 5) is 20.3. The Morgan fingerprint density at radius 1 is 1.33 bits per heavy atom. The van der Waals surface area contributed by atoms with Crippen molar-refractivity contribution in [2.45, 2.75) is 33.2 Å². The molecule has 2 heterocycles. The van der Waals surface area contributed by atoms with E-state index in [0.29, 0.717) is 11.4 Å². The molecule has 0 N–H and O–H groups in total. The highest BCUT2D eigenvalue weighted by Crippen LogP contribution is 2.06. The zero-order valence-corrected chi connectivity index (χ0v) is 10.6. The van der Waals surface area contributed by atoms with E-state index in [4.69, 9.17) is 0 Å². The Morgan fingerprint density at radius 2 is 2.17 bits per heavy atom. The number of aromatic nitrogens is 4. The molecular weight excluding hydrogens is 228 g/mol. The van der Waals surface area contributed by atoms with Gasteiger partial charge in [-0.15, -0.1) is 0 Å². The van der Waals surface area contributed by atoms with Gasteiger partial charge in [0, 0.05) is 24.0 Å². The number of hydrogen-bond donors (Lipinski definition) is 0. The lowest BCUT2D eigenvalue weighted by Gasteiger charge is -2.04. The maximum Gasteiger partial charge on any atom is 0.171 e. The van der Waals surface area contributed by atoms with Gasteiger partial charge in [0.2, 0.25) is 0 Å². The Hall–Kier alpha value is -2.04. The van der Waals surface area contributed by atoms with Gasteiger partial charge < -0.3 is 0 Å². The van der Waals surface area contributed by atoms with Gasteiger partial charge in [-0.1, -0.05) is 6.92 Å². The smallest absolute Gasteiger partial charge is 0.171 e. The maximum atomic E-state index is 12.1. The molecule has 0 amide bonds. The summed E-state index contributed by atoms with van der Waals surface area (Å²) in [6, 6.07) is 3.63. The molecule has 0 aliphatic heterocycles. The molecule has 0 bridgehead atoms. The quantitative estimate of drug-likeness (QED) is 0.753. The molecule has 18 heavy (non-hydrogen) atoms. The molecule has 0 spiro atoms. The zero-order chi connectivity index (χ0) is 13.0. The van der Waals surface area contributed by atoms with E-state index in [2.05, 4.69) is 22.0 Å². The third-order valence-corrected chi connectivity index (χ3v) is 2.68. The predicted octanol–water partition coefficient (Wildman–Crippen LogP) is 1.82. The number of ketones is 1. The second-order valence-corrected chi connectivity index (χ2v) is 4.19. The molecular formula is C13H16N4O. The second-order valence-electron chi connectivity index (χ2n) is 4.19. The lowest BCUT2D eigenvalue weighted by Crippen LogP contribution is -2.11. The molecule has 5 nitrogen and oxygen atoms in total. The average molecular weight is 244 g/mol. The number of pyridine rings is 1. The molecule has 2 rings (SSSR count).